The largest absolute Gasteiger partial charge is 0.296 e. The van der Waals surface area contributed by atoms with Gasteiger partial charge >= 0.3 is 0 Å². The van der Waals surface area contributed by atoms with Crippen LogP contribution in [-0.4, -0.2) is 12.0 Å². The van der Waals surface area contributed by atoms with Crippen molar-refractivity contribution in [2.75, 3.05) is 0 Å². The first-order valence-electron chi connectivity index (χ1n) is 4.43. The molecule has 0 aromatic rings. The smallest absolute Gasteiger partial charge is 0.167 e. The van der Waals surface area contributed by atoms with Gasteiger partial charge in [-0.2, -0.15) is 0 Å². The number of carbonyl (C=O) groups is 1. The van der Waals surface area contributed by atoms with Crippen molar-refractivity contribution in [3.05, 3.63) is 0 Å². The van der Waals surface area contributed by atoms with Crippen LogP contribution in [0.4, 0.5) is 4.39 Å². The summed E-state index contributed by atoms with van der Waals surface area (Å²) in [5.74, 6) is -0.223. The fraction of sp³-hybridized carbons (Fsp3) is 0.900. The summed E-state index contributed by atoms with van der Waals surface area (Å²) in [6, 6.07) is 0. The molecule has 0 bridgehead atoms. The van der Waals surface area contributed by atoms with Crippen molar-refractivity contribution in [1.29, 1.82) is 0 Å². The van der Waals surface area contributed by atoms with Crippen LogP contribution in [0.5, 0.6) is 0 Å². The molecule has 0 aromatic heterocycles. The second-order valence-electron chi connectivity index (χ2n) is 5.08. The summed E-state index contributed by atoms with van der Waals surface area (Å²) < 4.78 is 13.1. The van der Waals surface area contributed by atoms with Gasteiger partial charge in [0, 0.05) is 6.42 Å². The van der Waals surface area contributed by atoms with E-state index in [9.17, 15) is 9.18 Å². The lowest BCUT2D eigenvalue weighted by atomic mass is 9.59. The standard InChI is InChI=1S/C10H17FO/c1-9(2)5-7(11)8(12)6-10(9,3)4/h7H,5-6H2,1-4H3. The maximum atomic E-state index is 13.1. The van der Waals surface area contributed by atoms with Gasteiger partial charge in [-0.1, -0.05) is 27.7 Å². The molecule has 1 saturated carbocycles. The van der Waals surface area contributed by atoms with Crippen LogP contribution < -0.4 is 0 Å². The predicted molar refractivity (Wildman–Crippen MR) is 46.7 cm³/mol. The number of hydrogen-bond acceptors (Lipinski definition) is 1. The molecule has 1 aliphatic rings. The Morgan fingerprint density at radius 2 is 1.75 bits per heavy atom. The molecule has 1 aliphatic carbocycles. The molecule has 1 nitrogen and oxygen atoms in total. The van der Waals surface area contributed by atoms with Gasteiger partial charge in [0.1, 0.15) is 0 Å². The van der Waals surface area contributed by atoms with Crippen LogP contribution in [0.2, 0.25) is 0 Å². The zero-order chi connectivity index (χ0) is 9.57. The van der Waals surface area contributed by atoms with Crippen molar-refractivity contribution in [2.45, 2.75) is 46.7 Å². The van der Waals surface area contributed by atoms with Crippen LogP contribution in [-0.2, 0) is 4.79 Å². The van der Waals surface area contributed by atoms with Crippen LogP contribution in [0.1, 0.15) is 40.5 Å². The van der Waals surface area contributed by atoms with Gasteiger partial charge in [-0.05, 0) is 17.3 Å². The maximum Gasteiger partial charge on any atom is 0.167 e. The molecule has 0 aromatic carbocycles. The molecular weight excluding hydrogens is 155 g/mol. The van der Waals surface area contributed by atoms with Gasteiger partial charge in [0.25, 0.3) is 0 Å². The Hall–Kier alpha value is -0.400. The molecule has 12 heavy (non-hydrogen) atoms. The number of hydrogen-bond donors (Lipinski definition) is 0. The second-order valence-corrected chi connectivity index (χ2v) is 5.08. The van der Waals surface area contributed by atoms with E-state index in [1.807, 2.05) is 27.7 Å². The number of rotatable bonds is 0. The van der Waals surface area contributed by atoms with Crippen molar-refractivity contribution in [2.24, 2.45) is 10.8 Å². The lowest BCUT2D eigenvalue weighted by Crippen LogP contribution is -2.44. The molecule has 0 saturated heterocycles. The summed E-state index contributed by atoms with van der Waals surface area (Å²) in [5.41, 5.74) is -0.132. The fourth-order valence-corrected chi connectivity index (χ4v) is 1.62. The monoisotopic (exact) mass is 172 g/mol. The number of Topliss-reactive ketones (excluding diaryl/α,β-unsaturated/α-hetero) is 1. The minimum atomic E-state index is -1.23. The topological polar surface area (TPSA) is 17.1 Å². The highest BCUT2D eigenvalue weighted by atomic mass is 19.1. The molecule has 0 N–H and O–H groups in total. The fourth-order valence-electron chi connectivity index (χ4n) is 1.62. The molecular formula is C10H17FO. The summed E-state index contributed by atoms with van der Waals surface area (Å²) in [7, 11) is 0. The summed E-state index contributed by atoms with van der Waals surface area (Å²) in [6.45, 7) is 8.14. The Bertz CT molecular complexity index is 206. The Morgan fingerprint density at radius 3 is 2.17 bits per heavy atom. The molecule has 1 fully saturated rings. The number of alkyl halides is 1. The molecule has 1 atom stereocenters. The van der Waals surface area contributed by atoms with Gasteiger partial charge in [-0.25, -0.2) is 4.39 Å². The molecule has 0 amide bonds. The lowest BCUT2D eigenvalue weighted by Gasteiger charge is -2.46. The van der Waals surface area contributed by atoms with Crippen molar-refractivity contribution < 1.29 is 9.18 Å². The Labute approximate surface area is 73.3 Å². The average Bonchev–Trinajstić information content (AvgIpc) is 1.82. The quantitative estimate of drug-likeness (QED) is 0.549. The minimum Gasteiger partial charge on any atom is -0.296 e. The van der Waals surface area contributed by atoms with Gasteiger partial charge in [-0.15, -0.1) is 0 Å². The first-order valence-corrected chi connectivity index (χ1v) is 4.43. The van der Waals surface area contributed by atoms with Gasteiger partial charge in [0.15, 0.2) is 12.0 Å². The zero-order valence-corrected chi connectivity index (χ0v) is 8.28. The number of halogens is 1. The van der Waals surface area contributed by atoms with Gasteiger partial charge in [0.05, 0.1) is 0 Å². The van der Waals surface area contributed by atoms with Gasteiger partial charge in [-0.3, -0.25) is 4.79 Å². The summed E-state index contributed by atoms with van der Waals surface area (Å²) in [5, 5.41) is 0. The van der Waals surface area contributed by atoms with E-state index in [1.54, 1.807) is 0 Å². The highest BCUT2D eigenvalue weighted by molar-refractivity contribution is 5.84. The third-order valence-corrected chi connectivity index (χ3v) is 3.49. The summed E-state index contributed by atoms with van der Waals surface area (Å²) >= 11 is 0. The van der Waals surface area contributed by atoms with Crippen LogP contribution in [0.15, 0.2) is 0 Å². The molecule has 0 spiro atoms. The second kappa shape index (κ2) is 2.54. The average molecular weight is 172 g/mol. The van der Waals surface area contributed by atoms with E-state index in [0.29, 0.717) is 12.8 Å². The van der Waals surface area contributed by atoms with E-state index in [-0.39, 0.29) is 16.6 Å². The SMILES string of the molecule is CC1(C)CC(=O)C(F)CC1(C)C. The number of carbonyl (C=O) groups excluding carboxylic acids is 1. The molecule has 1 unspecified atom stereocenters. The van der Waals surface area contributed by atoms with E-state index in [4.69, 9.17) is 0 Å². The van der Waals surface area contributed by atoms with E-state index in [2.05, 4.69) is 0 Å². The Balaban J connectivity index is 2.88. The van der Waals surface area contributed by atoms with E-state index >= 15 is 0 Å². The van der Waals surface area contributed by atoms with Crippen molar-refractivity contribution >= 4 is 5.78 Å². The third-order valence-electron chi connectivity index (χ3n) is 3.49. The van der Waals surface area contributed by atoms with Crippen LogP contribution >= 0.6 is 0 Å². The Kier molecular flexibility index (Phi) is 2.05. The van der Waals surface area contributed by atoms with Crippen molar-refractivity contribution in [3.8, 4) is 0 Å². The zero-order valence-electron chi connectivity index (χ0n) is 8.28. The molecule has 0 heterocycles. The van der Waals surface area contributed by atoms with E-state index in [0.717, 1.165) is 0 Å². The molecule has 0 radical (unpaired) electrons. The highest BCUT2D eigenvalue weighted by Crippen LogP contribution is 2.49. The lowest BCUT2D eigenvalue weighted by molar-refractivity contribution is -0.135. The molecule has 0 aliphatic heterocycles. The maximum absolute atomic E-state index is 13.1. The molecule has 1 rings (SSSR count). The third kappa shape index (κ3) is 1.39. The predicted octanol–water partition coefficient (Wildman–Crippen LogP) is 2.74. The van der Waals surface area contributed by atoms with E-state index in [1.165, 1.54) is 0 Å². The Morgan fingerprint density at radius 1 is 1.25 bits per heavy atom. The van der Waals surface area contributed by atoms with Crippen molar-refractivity contribution in [3.63, 3.8) is 0 Å². The molecule has 2 heteroatoms. The summed E-state index contributed by atoms with van der Waals surface area (Å²) in [4.78, 5) is 11.1. The van der Waals surface area contributed by atoms with Crippen LogP contribution in [0, 0.1) is 10.8 Å². The van der Waals surface area contributed by atoms with E-state index < -0.39 is 6.17 Å². The van der Waals surface area contributed by atoms with Crippen LogP contribution in [0.25, 0.3) is 0 Å². The molecule has 70 valence electrons. The first kappa shape index (κ1) is 9.69. The minimum absolute atomic E-state index is 0.0628. The highest BCUT2D eigenvalue weighted by Gasteiger charge is 2.46. The van der Waals surface area contributed by atoms with Crippen molar-refractivity contribution in [1.82, 2.24) is 0 Å². The normalized spacial score (nSPS) is 33.4. The first-order chi connectivity index (χ1) is 5.26. The summed E-state index contributed by atoms with van der Waals surface area (Å²) in [6.07, 6.45) is -0.479. The van der Waals surface area contributed by atoms with Crippen LogP contribution in [0.3, 0.4) is 0 Å². The number of ketones is 1. The van der Waals surface area contributed by atoms with Gasteiger partial charge in [0.2, 0.25) is 0 Å². The van der Waals surface area contributed by atoms with Gasteiger partial charge < -0.3 is 0 Å².